The zero-order chi connectivity index (χ0) is 35.4. The molecule has 0 unspecified atom stereocenters. The van der Waals surface area contributed by atoms with Crippen molar-refractivity contribution in [3.8, 4) is 0 Å². The number of carbonyl (C=O) groups is 4. The van der Waals surface area contributed by atoms with Gasteiger partial charge in [-0.3, -0.25) is 19.2 Å². The van der Waals surface area contributed by atoms with Crippen LogP contribution in [-0.4, -0.2) is 124 Å². The van der Waals surface area contributed by atoms with Crippen molar-refractivity contribution in [2.24, 2.45) is 0 Å². The maximum atomic E-state index is 13.1. The van der Waals surface area contributed by atoms with Gasteiger partial charge in [-0.25, -0.2) is 0 Å². The van der Waals surface area contributed by atoms with Crippen LogP contribution in [0.4, 0.5) is 0 Å². The van der Waals surface area contributed by atoms with Crippen molar-refractivity contribution in [1.82, 2.24) is 0 Å². The number of unbranched alkanes of at least 4 members (excludes halogenated alkanes) is 4. The van der Waals surface area contributed by atoms with E-state index in [2.05, 4.69) is 6.92 Å². The Kier molecular flexibility index (Phi) is 21.6. The van der Waals surface area contributed by atoms with E-state index in [1.165, 1.54) is 0 Å². The third-order valence-electron chi connectivity index (χ3n) is 7.41. The van der Waals surface area contributed by atoms with E-state index in [0.717, 1.165) is 25.7 Å². The summed E-state index contributed by atoms with van der Waals surface area (Å²) in [5.74, 6) is -2.63. The van der Waals surface area contributed by atoms with E-state index in [1.807, 2.05) is 0 Å². The van der Waals surface area contributed by atoms with E-state index < -0.39 is 98.8 Å². The molecule has 9 atom stereocenters. The number of aliphatic hydroxyl groups is 5. The van der Waals surface area contributed by atoms with Crippen molar-refractivity contribution in [1.29, 1.82) is 0 Å². The average molecular weight is 681 g/mol. The number of esters is 4. The smallest absolute Gasteiger partial charge is 0.306 e. The van der Waals surface area contributed by atoms with Crippen molar-refractivity contribution in [2.45, 2.75) is 160 Å². The Morgan fingerprint density at radius 1 is 0.617 bits per heavy atom. The van der Waals surface area contributed by atoms with Gasteiger partial charge in [-0.2, -0.15) is 0 Å². The topological polar surface area (TPSA) is 225 Å². The first kappa shape index (κ1) is 42.6. The van der Waals surface area contributed by atoms with Crippen molar-refractivity contribution in [3.05, 3.63) is 0 Å². The molecule has 0 spiro atoms. The molecule has 47 heavy (non-hydrogen) atoms. The Bertz CT molecular complexity index is 915. The van der Waals surface area contributed by atoms with Gasteiger partial charge in [-0.1, -0.05) is 53.4 Å². The lowest BCUT2D eigenvalue weighted by Gasteiger charge is -2.44. The summed E-state index contributed by atoms with van der Waals surface area (Å²) in [6.45, 7) is 5.23. The van der Waals surface area contributed by atoms with Gasteiger partial charge in [0.2, 0.25) is 0 Å². The van der Waals surface area contributed by atoms with Crippen molar-refractivity contribution >= 4 is 23.9 Å². The van der Waals surface area contributed by atoms with Crippen molar-refractivity contribution < 1.29 is 73.1 Å². The maximum absolute atomic E-state index is 13.1. The largest absolute Gasteiger partial charge is 0.463 e. The highest BCUT2D eigenvalue weighted by molar-refractivity contribution is 5.72. The standard InChI is InChI=1S/C32H56O15/c1-5-9-10-11-12-16-26(39)47-31-30(46-25(38)15-8-4)29(45-24(37)14-7-3)22(19-42-23(36)13-6-2)44-32(31)43-18-21(35)28(41)27(40)20(34)17-33/h20-22,27-35,40-41H,5-19H2,1-4H3/t20-,21-,22-,27-,28-,29-,30+,31+,32-/m1/s1. The molecular formula is C32H56O15. The number of carbonyl (C=O) groups excluding carboxylic acids is 4. The first-order valence-electron chi connectivity index (χ1n) is 16.8. The van der Waals surface area contributed by atoms with Crippen LogP contribution in [0.3, 0.4) is 0 Å². The van der Waals surface area contributed by atoms with Gasteiger partial charge in [0, 0.05) is 25.7 Å². The van der Waals surface area contributed by atoms with Crippen LogP contribution in [0.2, 0.25) is 0 Å². The molecule has 0 aromatic rings. The molecule has 1 fully saturated rings. The minimum atomic E-state index is -1.98. The van der Waals surface area contributed by atoms with Crippen LogP contribution < -0.4 is 0 Å². The van der Waals surface area contributed by atoms with Crippen LogP contribution in [0.5, 0.6) is 0 Å². The van der Waals surface area contributed by atoms with E-state index in [4.69, 9.17) is 33.5 Å². The van der Waals surface area contributed by atoms with E-state index in [9.17, 15) is 39.6 Å². The summed E-state index contributed by atoms with van der Waals surface area (Å²) in [6, 6.07) is 0. The van der Waals surface area contributed by atoms with Gasteiger partial charge < -0.3 is 54.0 Å². The monoisotopic (exact) mass is 680 g/mol. The van der Waals surface area contributed by atoms with Crippen LogP contribution in [0, 0.1) is 0 Å². The fourth-order valence-corrected chi connectivity index (χ4v) is 4.77. The third kappa shape index (κ3) is 15.6. The first-order chi connectivity index (χ1) is 22.4. The molecule has 5 N–H and O–H groups in total. The minimum Gasteiger partial charge on any atom is -0.463 e. The van der Waals surface area contributed by atoms with Gasteiger partial charge >= 0.3 is 23.9 Å². The third-order valence-corrected chi connectivity index (χ3v) is 7.41. The Labute approximate surface area is 276 Å². The highest BCUT2D eigenvalue weighted by Gasteiger charge is 2.53. The predicted molar refractivity (Wildman–Crippen MR) is 164 cm³/mol. The van der Waals surface area contributed by atoms with E-state index >= 15 is 0 Å². The summed E-state index contributed by atoms with van der Waals surface area (Å²) in [4.78, 5) is 50.9. The van der Waals surface area contributed by atoms with Gasteiger partial charge in [0.15, 0.2) is 24.6 Å². The molecule has 15 nitrogen and oxygen atoms in total. The number of ether oxygens (including phenoxy) is 6. The lowest BCUT2D eigenvalue weighted by Crippen LogP contribution is -2.63. The predicted octanol–water partition coefficient (Wildman–Crippen LogP) is 1.20. The van der Waals surface area contributed by atoms with Gasteiger partial charge in [0.1, 0.15) is 37.1 Å². The van der Waals surface area contributed by atoms with Crippen LogP contribution in [0.15, 0.2) is 0 Å². The summed E-state index contributed by atoms with van der Waals surface area (Å²) < 4.78 is 34.3. The molecule has 1 heterocycles. The summed E-state index contributed by atoms with van der Waals surface area (Å²) in [5, 5.41) is 49.6. The van der Waals surface area contributed by atoms with Crippen LogP contribution >= 0.6 is 0 Å². The lowest BCUT2D eigenvalue weighted by atomic mass is 9.97. The van der Waals surface area contributed by atoms with Crippen LogP contribution in [0.1, 0.15) is 105 Å². The van der Waals surface area contributed by atoms with E-state index in [1.54, 1.807) is 20.8 Å². The first-order valence-corrected chi connectivity index (χ1v) is 16.8. The Morgan fingerprint density at radius 3 is 1.70 bits per heavy atom. The molecule has 274 valence electrons. The SMILES string of the molecule is CCCCCCCC(=O)O[C@@H]1[C@H](OC[C@@H](O)[C@@H](O)[C@H](O)[C@H](O)CO)O[C@H](COC(=O)CCC)[C@@H](OC(=O)CCC)[C@@H]1OC(=O)CCC. The molecule has 0 radical (unpaired) electrons. The molecule has 1 aliphatic heterocycles. The molecule has 1 saturated heterocycles. The maximum Gasteiger partial charge on any atom is 0.306 e. The lowest BCUT2D eigenvalue weighted by molar-refractivity contribution is -0.313. The summed E-state index contributed by atoms with van der Waals surface area (Å²) >= 11 is 0. The molecule has 1 aliphatic rings. The molecule has 0 saturated carbocycles. The zero-order valence-corrected chi connectivity index (χ0v) is 28.1. The number of hydrogen-bond acceptors (Lipinski definition) is 15. The van der Waals surface area contributed by atoms with Gasteiger partial charge in [0.05, 0.1) is 13.2 Å². The van der Waals surface area contributed by atoms with Crippen LogP contribution in [-0.2, 0) is 47.6 Å². The van der Waals surface area contributed by atoms with Gasteiger partial charge in [-0.05, 0) is 25.7 Å². The second kappa shape index (κ2) is 23.8. The molecular weight excluding hydrogens is 624 g/mol. The van der Waals surface area contributed by atoms with Crippen LogP contribution in [0.25, 0.3) is 0 Å². The van der Waals surface area contributed by atoms with Gasteiger partial charge in [0.25, 0.3) is 0 Å². The summed E-state index contributed by atoms with van der Waals surface area (Å²) in [5.41, 5.74) is 0. The molecule has 0 amide bonds. The molecule has 1 rings (SSSR count). The average Bonchev–Trinajstić information content (AvgIpc) is 3.04. The van der Waals surface area contributed by atoms with Crippen molar-refractivity contribution in [2.75, 3.05) is 19.8 Å². The Hall–Kier alpha value is -2.40. The van der Waals surface area contributed by atoms with E-state index in [0.29, 0.717) is 25.7 Å². The second-order valence-electron chi connectivity index (χ2n) is 11.6. The minimum absolute atomic E-state index is 0.00269. The Morgan fingerprint density at radius 2 is 1.13 bits per heavy atom. The highest BCUT2D eigenvalue weighted by atomic mass is 16.7. The molecule has 0 bridgehead atoms. The summed E-state index contributed by atoms with van der Waals surface area (Å²) in [7, 11) is 0. The fraction of sp³-hybridized carbons (Fsp3) is 0.875. The van der Waals surface area contributed by atoms with Crippen molar-refractivity contribution in [3.63, 3.8) is 0 Å². The molecule has 0 aliphatic carbocycles. The fourth-order valence-electron chi connectivity index (χ4n) is 4.77. The van der Waals surface area contributed by atoms with Gasteiger partial charge in [-0.15, -0.1) is 0 Å². The summed E-state index contributed by atoms with van der Waals surface area (Å²) in [6.07, 6.45) is -9.22. The molecule has 0 aromatic carbocycles. The number of aliphatic hydroxyl groups excluding tert-OH is 5. The normalized spacial score (nSPS) is 23.6. The second-order valence-corrected chi connectivity index (χ2v) is 11.6. The molecule has 0 aromatic heterocycles. The Balaban J connectivity index is 3.47. The molecule has 15 heteroatoms. The highest BCUT2D eigenvalue weighted by Crippen LogP contribution is 2.31. The quantitative estimate of drug-likeness (QED) is 0.0549. The zero-order valence-electron chi connectivity index (χ0n) is 28.1. The number of hydrogen-bond donors (Lipinski definition) is 5. The van der Waals surface area contributed by atoms with E-state index in [-0.39, 0.29) is 25.7 Å². The number of rotatable bonds is 24.